The second-order valence-corrected chi connectivity index (χ2v) is 4.66. The highest BCUT2D eigenvalue weighted by Crippen LogP contribution is 2.27. The predicted octanol–water partition coefficient (Wildman–Crippen LogP) is 3.77. The van der Waals surface area contributed by atoms with Crippen molar-refractivity contribution in [1.29, 1.82) is 0 Å². The van der Waals surface area contributed by atoms with Gasteiger partial charge in [0.05, 0.1) is 6.04 Å². The quantitative estimate of drug-likeness (QED) is 0.865. The maximum atomic E-state index is 5.97. The number of rotatable bonds is 6. The summed E-state index contributed by atoms with van der Waals surface area (Å²) < 4.78 is 11.0. The van der Waals surface area contributed by atoms with Gasteiger partial charge in [-0.2, -0.15) is 0 Å². The zero-order chi connectivity index (χ0) is 13.0. The summed E-state index contributed by atoms with van der Waals surface area (Å²) >= 11 is 5.97. The van der Waals surface area contributed by atoms with Crippen LogP contribution in [-0.2, 0) is 4.74 Å². The molecule has 1 atom stereocenters. The van der Waals surface area contributed by atoms with Crippen LogP contribution in [0.1, 0.15) is 25.1 Å². The fourth-order valence-corrected chi connectivity index (χ4v) is 2.21. The summed E-state index contributed by atoms with van der Waals surface area (Å²) in [5, 5.41) is 5.17. The van der Waals surface area contributed by atoms with Crippen molar-refractivity contribution in [3.8, 4) is 0 Å². The van der Waals surface area contributed by atoms with Crippen molar-refractivity contribution in [2.75, 3.05) is 20.3 Å². The molecule has 1 aromatic carbocycles. The van der Waals surface area contributed by atoms with Crippen LogP contribution in [0.2, 0.25) is 5.02 Å². The topological polar surface area (TPSA) is 34.4 Å². The van der Waals surface area contributed by atoms with Crippen LogP contribution in [0.25, 0.3) is 11.0 Å². The Bertz CT molecular complexity index is 509. The standard InChI is InChI=1S/C14H18ClNO2/c1-3-16-12(6-7-17-2)14-9-10-8-11(15)4-5-13(10)18-14/h4-5,8-9,12,16H,3,6-7H2,1-2H3. The van der Waals surface area contributed by atoms with Crippen molar-refractivity contribution in [3.05, 3.63) is 35.0 Å². The molecule has 1 aromatic heterocycles. The summed E-state index contributed by atoms with van der Waals surface area (Å²) in [6.45, 7) is 3.68. The maximum absolute atomic E-state index is 5.97. The molecule has 0 aliphatic carbocycles. The molecule has 0 fully saturated rings. The van der Waals surface area contributed by atoms with Gasteiger partial charge in [-0.1, -0.05) is 18.5 Å². The van der Waals surface area contributed by atoms with Gasteiger partial charge in [0.15, 0.2) is 0 Å². The molecular formula is C14H18ClNO2. The molecule has 0 spiro atoms. The number of fused-ring (bicyclic) bond motifs is 1. The van der Waals surface area contributed by atoms with Gasteiger partial charge in [0.25, 0.3) is 0 Å². The van der Waals surface area contributed by atoms with Crippen LogP contribution in [-0.4, -0.2) is 20.3 Å². The molecule has 0 aliphatic rings. The smallest absolute Gasteiger partial charge is 0.134 e. The van der Waals surface area contributed by atoms with Gasteiger partial charge in [-0.3, -0.25) is 0 Å². The van der Waals surface area contributed by atoms with E-state index in [1.807, 2.05) is 24.3 Å². The molecule has 4 heteroatoms. The highest BCUT2D eigenvalue weighted by atomic mass is 35.5. The van der Waals surface area contributed by atoms with Crippen LogP contribution >= 0.6 is 11.6 Å². The van der Waals surface area contributed by atoms with Crippen LogP contribution in [0.15, 0.2) is 28.7 Å². The molecule has 3 nitrogen and oxygen atoms in total. The summed E-state index contributed by atoms with van der Waals surface area (Å²) in [7, 11) is 1.71. The number of hydrogen-bond acceptors (Lipinski definition) is 3. The molecule has 0 amide bonds. The molecular weight excluding hydrogens is 250 g/mol. The van der Waals surface area contributed by atoms with Crippen LogP contribution in [0.4, 0.5) is 0 Å². The van der Waals surface area contributed by atoms with Crippen molar-refractivity contribution in [2.24, 2.45) is 0 Å². The Morgan fingerprint density at radius 1 is 1.39 bits per heavy atom. The number of halogens is 1. The van der Waals surface area contributed by atoms with E-state index in [-0.39, 0.29) is 6.04 Å². The lowest BCUT2D eigenvalue weighted by Crippen LogP contribution is -2.21. The first kappa shape index (κ1) is 13.4. The lowest BCUT2D eigenvalue weighted by molar-refractivity contribution is 0.179. The molecule has 0 aliphatic heterocycles. The van der Waals surface area contributed by atoms with Gasteiger partial charge in [-0.05, 0) is 37.2 Å². The van der Waals surface area contributed by atoms with Crippen LogP contribution < -0.4 is 5.32 Å². The van der Waals surface area contributed by atoms with Gasteiger partial charge < -0.3 is 14.5 Å². The Balaban J connectivity index is 2.26. The molecule has 98 valence electrons. The Labute approximate surface area is 112 Å². The fourth-order valence-electron chi connectivity index (χ4n) is 2.03. The van der Waals surface area contributed by atoms with Gasteiger partial charge in [0.1, 0.15) is 11.3 Å². The predicted molar refractivity (Wildman–Crippen MR) is 74.1 cm³/mol. The average Bonchev–Trinajstić information content (AvgIpc) is 2.77. The minimum atomic E-state index is 0.182. The Morgan fingerprint density at radius 3 is 2.94 bits per heavy atom. The molecule has 2 rings (SSSR count). The lowest BCUT2D eigenvalue weighted by atomic mass is 10.1. The van der Waals surface area contributed by atoms with Gasteiger partial charge in [0, 0.05) is 24.1 Å². The average molecular weight is 268 g/mol. The largest absolute Gasteiger partial charge is 0.459 e. The van der Waals surface area contributed by atoms with Gasteiger partial charge in [0.2, 0.25) is 0 Å². The van der Waals surface area contributed by atoms with E-state index in [0.717, 1.165) is 34.7 Å². The van der Waals surface area contributed by atoms with Crippen molar-refractivity contribution < 1.29 is 9.15 Å². The Hall–Kier alpha value is -1.03. The molecule has 0 radical (unpaired) electrons. The number of ether oxygens (including phenoxy) is 1. The van der Waals surface area contributed by atoms with E-state index in [4.69, 9.17) is 20.8 Å². The molecule has 0 bridgehead atoms. The van der Waals surface area contributed by atoms with Crippen LogP contribution in [0.3, 0.4) is 0 Å². The summed E-state index contributed by atoms with van der Waals surface area (Å²) in [6, 6.07) is 7.89. The highest BCUT2D eigenvalue weighted by Gasteiger charge is 2.15. The number of hydrogen-bond donors (Lipinski definition) is 1. The Morgan fingerprint density at radius 2 is 2.22 bits per heavy atom. The van der Waals surface area contributed by atoms with E-state index >= 15 is 0 Å². The van der Waals surface area contributed by atoms with Crippen molar-refractivity contribution in [2.45, 2.75) is 19.4 Å². The van der Waals surface area contributed by atoms with Crippen molar-refractivity contribution >= 4 is 22.6 Å². The number of methoxy groups -OCH3 is 1. The molecule has 1 N–H and O–H groups in total. The van der Waals surface area contributed by atoms with Crippen molar-refractivity contribution in [1.82, 2.24) is 5.32 Å². The molecule has 2 aromatic rings. The zero-order valence-corrected chi connectivity index (χ0v) is 11.5. The normalized spacial score (nSPS) is 13.1. The lowest BCUT2D eigenvalue weighted by Gasteiger charge is -2.14. The minimum Gasteiger partial charge on any atom is -0.459 e. The first-order valence-corrected chi connectivity index (χ1v) is 6.53. The molecule has 0 saturated heterocycles. The summed E-state index contributed by atoms with van der Waals surface area (Å²) in [6.07, 6.45) is 0.887. The van der Waals surface area contributed by atoms with Crippen LogP contribution in [0, 0.1) is 0 Å². The number of nitrogens with one attached hydrogen (secondary N) is 1. The third-order valence-electron chi connectivity index (χ3n) is 2.90. The third-order valence-corrected chi connectivity index (χ3v) is 3.14. The number of benzene rings is 1. The van der Waals surface area contributed by atoms with E-state index in [9.17, 15) is 0 Å². The summed E-state index contributed by atoms with van der Waals surface area (Å²) in [4.78, 5) is 0. The van der Waals surface area contributed by atoms with Gasteiger partial charge in [-0.15, -0.1) is 0 Å². The SMILES string of the molecule is CCNC(CCOC)c1cc2cc(Cl)ccc2o1. The monoisotopic (exact) mass is 267 g/mol. The van der Waals surface area contributed by atoms with Crippen LogP contribution in [0.5, 0.6) is 0 Å². The highest BCUT2D eigenvalue weighted by molar-refractivity contribution is 6.31. The first-order chi connectivity index (χ1) is 8.74. The van der Waals surface area contributed by atoms with E-state index in [2.05, 4.69) is 12.2 Å². The minimum absolute atomic E-state index is 0.182. The molecule has 0 saturated carbocycles. The second kappa shape index (κ2) is 6.23. The van der Waals surface area contributed by atoms with Gasteiger partial charge >= 0.3 is 0 Å². The van der Waals surface area contributed by atoms with Gasteiger partial charge in [-0.25, -0.2) is 0 Å². The Kier molecular flexibility index (Phi) is 4.64. The number of furan rings is 1. The maximum Gasteiger partial charge on any atom is 0.134 e. The second-order valence-electron chi connectivity index (χ2n) is 4.22. The van der Waals surface area contributed by atoms with E-state index in [0.29, 0.717) is 6.61 Å². The van der Waals surface area contributed by atoms with E-state index < -0.39 is 0 Å². The van der Waals surface area contributed by atoms with E-state index in [1.54, 1.807) is 7.11 Å². The summed E-state index contributed by atoms with van der Waals surface area (Å²) in [5.41, 5.74) is 0.870. The van der Waals surface area contributed by atoms with E-state index in [1.165, 1.54) is 0 Å². The van der Waals surface area contributed by atoms with Crippen molar-refractivity contribution in [3.63, 3.8) is 0 Å². The molecule has 18 heavy (non-hydrogen) atoms. The molecule has 1 unspecified atom stereocenters. The fraction of sp³-hybridized carbons (Fsp3) is 0.429. The first-order valence-electron chi connectivity index (χ1n) is 6.16. The molecule has 1 heterocycles. The zero-order valence-electron chi connectivity index (χ0n) is 10.7. The summed E-state index contributed by atoms with van der Waals surface area (Å²) in [5.74, 6) is 0.936. The third kappa shape index (κ3) is 3.05.